The highest BCUT2D eigenvalue weighted by Gasteiger charge is 2.08. The maximum atomic E-state index is 7.92. The molecule has 0 aliphatic carbocycles. The normalized spacial score (nSPS) is 11.1. The Hall–Kier alpha value is -2.63. The van der Waals surface area contributed by atoms with Crippen LogP contribution in [0.5, 0.6) is 0 Å². The van der Waals surface area contributed by atoms with Crippen molar-refractivity contribution < 1.29 is 0 Å². The first kappa shape index (κ1) is 13.4. The standard InChI is InChI=1S/C15H18N6/c1-2-3-4-11-5-7-12(8-6-11)21-15-13(9-19-21)14(16)20(17)10-18-15/h5-10,16H,2-4,17H2,1H3. The first-order chi connectivity index (χ1) is 10.2. The van der Waals surface area contributed by atoms with Gasteiger partial charge in [-0.25, -0.2) is 14.3 Å². The molecule has 0 atom stereocenters. The first-order valence-corrected chi connectivity index (χ1v) is 7.05. The Morgan fingerprint density at radius 1 is 1.24 bits per heavy atom. The van der Waals surface area contributed by atoms with Gasteiger partial charge < -0.3 is 5.84 Å². The topological polar surface area (TPSA) is 85.5 Å². The lowest BCUT2D eigenvalue weighted by Crippen LogP contribution is -2.27. The lowest BCUT2D eigenvalue weighted by Gasteiger charge is -2.05. The molecule has 0 aliphatic rings. The molecule has 0 radical (unpaired) electrons. The summed E-state index contributed by atoms with van der Waals surface area (Å²) < 4.78 is 2.92. The molecule has 3 N–H and O–H groups in total. The van der Waals surface area contributed by atoms with Gasteiger partial charge in [0.05, 0.1) is 17.3 Å². The molecule has 3 aromatic rings. The highest BCUT2D eigenvalue weighted by molar-refractivity contribution is 5.74. The van der Waals surface area contributed by atoms with Crippen LogP contribution in [0, 0.1) is 5.41 Å². The molecule has 0 spiro atoms. The van der Waals surface area contributed by atoms with E-state index in [1.54, 1.807) is 10.9 Å². The molecule has 0 amide bonds. The number of hydrogen-bond donors (Lipinski definition) is 2. The van der Waals surface area contributed by atoms with Crippen molar-refractivity contribution in [1.29, 1.82) is 5.41 Å². The van der Waals surface area contributed by atoms with E-state index < -0.39 is 0 Å². The molecule has 0 unspecified atom stereocenters. The van der Waals surface area contributed by atoms with E-state index in [0.717, 1.165) is 12.1 Å². The maximum Gasteiger partial charge on any atom is 0.168 e. The number of aryl methyl sites for hydroxylation is 1. The predicted octanol–water partition coefficient (Wildman–Crippen LogP) is 1.76. The Kier molecular flexibility index (Phi) is 3.43. The Labute approximate surface area is 122 Å². The molecule has 6 nitrogen and oxygen atoms in total. The fraction of sp³-hybridized carbons (Fsp3) is 0.267. The molecular formula is C15H18N6. The molecule has 0 bridgehead atoms. The first-order valence-electron chi connectivity index (χ1n) is 7.05. The number of nitrogens with two attached hydrogens (primary N) is 1. The molecule has 0 saturated carbocycles. The van der Waals surface area contributed by atoms with Gasteiger partial charge in [-0.05, 0) is 30.5 Å². The van der Waals surface area contributed by atoms with Crippen molar-refractivity contribution in [1.82, 2.24) is 19.4 Å². The predicted molar refractivity (Wildman–Crippen MR) is 81.5 cm³/mol. The SMILES string of the molecule is CCCCc1ccc(-n2ncc3c(=N)n(N)cnc32)cc1. The minimum absolute atomic E-state index is 0.200. The van der Waals surface area contributed by atoms with E-state index in [0.29, 0.717) is 11.0 Å². The van der Waals surface area contributed by atoms with E-state index in [4.69, 9.17) is 11.3 Å². The number of benzene rings is 1. The molecule has 21 heavy (non-hydrogen) atoms. The Morgan fingerprint density at radius 2 is 2.00 bits per heavy atom. The van der Waals surface area contributed by atoms with Gasteiger partial charge in [-0.15, -0.1) is 0 Å². The van der Waals surface area contributed by atoms with Gasteiger partial charge in [-0.3, -0.25) is 5.41 Å². The second-order valence-corrected chi connectivity index (χ2v) is 5.06. The fourth-order valence-electron chi connectivity index (χ4n) is 2.32. The number of hydrogen-bond acceptors (Lipinski definition) is 4. The lowest BCUT2D eigenvalue weighted by atomic mass is 10.1. The van der Waals surface area contributed by atoms with Gasteiger partial charge in [0.2, 0.25) is 0 Å². The smallest absolute Gasteiger partial charge is 0.168 e. The van der Waals surface area contributed by atoms with Crippen LogP contribution in [-0.4, -0.2) is 19.4 Å². The molecular weight excluding hydrogens is 264 g/mol. The second kappa shape index (κ2) is 5.40. The summed E-state index contributed by atoms with van der Waals surface area (Å²) in [5.74, 6) is 5.63. The van der Waals surface area contributed by atoms with Crippen molar-refractivity contribution in [3.8, 4) is 5.69 Å². The van der Waals surface area contributed by atoms with Crippen LogP contribution in [0.2, 0.25) is 0 Å². The largest absolute Gasteiger partial charge is 0.336 e. The average molecular weight is 282 g/mol. The average Bonchev–Trinajstić information content (AvgIpc) is 2.94. The molecule has 108 valence electrons. The third-order valence-corrected chi connectivity index (χ3v) is 3.56. The van der Waals surface area contributed by atoms with Crippen molar-refractivity contribution in [3.63, 3.8) is 0 Å². The van der Waals surface area contributed by atoms with Crippen LogP contribution in [0.4, 0.5) is 0 Å². The van der Waals surface area contributed by atoms with Gasteiger partial charge >= 0.3 is 0 Å². The summed E-state index contributed by atoms with van der Waals surface area (Å²) in [5.41, 5.74) is 3.10. The van der Waals surface area contributed by atoms with Crippen molar-refractivity contribution in [2.24, 2.45) is 0 Å². The van der Waals surface area contributed by atoms with Crippen LogP contribution in [-0.2, 0) is 6.42 Å². The van der Waals surface area contributed by atoms with Crippen molar-refractivity contribution in [3.05, 3.63) is 47.8 Å². The number of fused-ring (bicyclic) bond motifs is 1. The zero-order chi connectivity index (χ0) is 14.8. The molecule has 1 aromatic carbocycles. The van der Waals surface area contributed by atoms with Crippen LogP contribution in [0.15, 0.2) is 36.8 Å². The second-order valence-electron chi connectivity index (χ2n) is 5.06. The van der Waals surface area contributed by atoms with Crippen LogP contribution in [0.25, 0.3) is 16.7 Å². The van der Waals surface area contributed by atoms with E-state index in [1.807, 2.05) is 12.1 Å². The Balaban J connectivity index is 2.01. The maximum absolute atomic E-state index is 7.92. The quantitative estimate of drug-likeness (QED) is 0.715. The molecule has 3 rings (SSSR count). The van der Waals surface area contributed by atoms with Gasteiger partial charge in [0.15, 0.2) is 11.1 Å². The van der Waals surface area contributed by atoms with E-state index in [-0.39, 0.29) is 5.49 Å². The third-order valence-electron chi connectivity index (χ3n) is 3.56. The third kappa shape index (κ3) is 2.40. The van der Waals surface area contributed by atoms with Gasteiger partial charge in [0, 0.05) is 0 Å². The Bertz CT molecular complexity index is 812. The van der Waals surface area contributed by atoms with Gasteiger partial charge in [0.25, 0.3) is 0 Å². The summed E-state index contributed by atoms with van der Waals surface area (Å²) in [6.07, 6.45) is 6.54. The minimum atomic E-state index is 0.200. The van der Waals surface area contributed by atoms with Crippen LogP contribution < -0.4 is 11.3 Å². The van der Waals surface area contributed by atoms with Crippen LogP contribution in [0.1, 0.15) is 25.3 Å². The number of nitrogens with zero attached hydrogens (tertiary/aromatic N) is 4. The number of unbranched alkanes of at least 4 members (excludes halogenated alkanes) is 1. The van der Waals surface area contributed by atoms with E-state index in [9.17, 15) is 0 Å². The summed E-state index contributed by atoms with van der Waals surface area (Å²) in [4.78, 5) is 4.27. The monoisotopic (exact) mass is 282 g/mol. The number of nitrogen functional groups attached to an aromatic ring is 1. The lowest BCUT2D eigenvalue weighted by molar-refractivity contribution is 0.794. The van der Waals surface area contributed by atoms with Crippen molar-refractivity contribution in [2.75, 3.05) is 5.84 Å². The molecule has 6 heteroatoms. The number of rotatable bonds is 4. The van der Waals surface area contributed by atoms with E-state index in [2.05, 4.69) is 29.1 Å². The Morgan fingerprint density at radius 3 is 2.71 bits per heavy atom. The summed E-state index contributed by atoms with van der Waals surface area (Å²) >= 11 is 0. The van der Waals surface area contributed by atoms with Crippen LogP contribution in [0.3, 0.4) is 0 Å². The van der Waals surface area contributed by atoms with Crippen molar-refractivity contribution >= 4 is 11.0 Å². The molecule has 0 fully saturated rings. The summed E-state index contributed by atoms with van der Waals surface area (Å²) in [5, 5.41) is 12.9. The fourth-order valence-corrected chi connectivity index (χ4v) is 2.32. The van der Waals surface area contributed by atoms with Crippen LogP contribution >= 0.6 is 0 Å². The highest BCUT2D eigenvalue weighted by Crippen LogP contribution is 2.15. The summed E-state index contributed by atoms with van der Waals surface area (Å²) in [6, 6.07) is 8.30. The minimum Gasteiger partial charge on any atom is -0.336 e. The molecule has 0 aliphatic heterocycles. The zero-order valence-corrected chi connectivity index (χ0v) is 12.0. The van der Waals surface area contributed by atoms with Gasteiger partial charge in [0.1, 0.15) is 6.33 Å². The van der Waals surface area contributed by atoms with Gasteiger partial charge in [-0.2, -0.15) is 5.10 Å². The van der Waals surface area contributed by atoms with E-state index in [1.165, 1.54) is 29.4 Å². The van der Waals surface area contributed by atoms with Gasteiger partial charge in [-0.1, -0.05) is 25.5 Å². The summed E-state index contributed by atoms with van der Waals surface area (Å²) in [7, 11) is 0. The summed E-state index contributed by atoms with van der Waals surface area (Å²) in [6.45, 7) is 2.19. The van der Waals surface area contributed by atoms with E-state index >= 15 is 0 Å². The molecule has 2 heterocycles. The molecule has 2 aromatic heterocycles. The van der Waals surface area contributed by atoms with Crippen molar-refractivity contribution in [2.45, 2.75) is 26.2 Å². The highest BCUT2D eigenvalue weighted by atomic mass is 15.3. The number of nitrogens with one attached hydrogen (secondary N) is 1. The molecule has 0 saturated heterocycles. The zero-order valence-electron chi connectivity index (χ0n) is 12.0. The number of aromatic nitrogens is 4.